The molecule has 4 heteroatoms. The van der Waals surface area contributed by atoms with Crippen LogP contribution in [0.25, 0.3) is 0 Å². The Hall–Kier alpha value is -0.770. The Kier molecular flexibility index (Phi) is 4.26. The monoisotopic (exact) mass is 326 g/mol. The summed E-state index contributed by atoms with van der Waals surface area (Å²) in [6.07, 6.45) is 0.760. The van der Waals surface area contributed by atoms with E-state index in [1.807, 2.05) is 30.3 Å². The molecule has 0 aromatic heterocycles. The van der Waals surface area contributed by atoms with Gasteiger partial charge in [-0.2, -0.15) is 0 Å². The summed E-state index contributed by atoms with van der Waals surface area (Å²) >= 11 is 11.0. The highest BCUT2D eigenvalue weighted by molar-refractivity contribution is 9.10. The normalized spacial score (nSPS) is 10.2. The average Bonchev–Trinajstić information content (AvgIpc) is 2.29. The molecule has 0 spiro atoms. The summed E-state index contributed by atoms with van der Waals surface area (Å²) < 4.78 is 1.04. The van der Waals surface area contributed by atoms with Gasteiger partial charge in [-0.05, 0) is 36.4 Å². The minimum atomic E-state index is 0.486. The maximum Gasteiger partial charge on any atom is 0.151 e. The SMILES string of the molecule is O=Cc1ccc(Sc2cccc(Br)c2)cc1Cl. The fourth-order valence-electron chi connectivity index (χ4n) is 1.33. The highest BCUT2D eigenvalue weighted by Crippen LogP contribution is 2.31. The van der Waals surface area contributed by atoms with Gasteiger partial charge in [-0.15, -0.1) is 0 Å². The topological polar surface area (TPSA) is 17.1 Å². The van der Waals surface area contributed by atoms with E-state index >= 15 is 0 Å². The molecule has 0 fully saturated rings. The molecule has 0 heterocycles. The number of carbonyl (C=O) groups is 1. The predicted octanol–water partition coefficient (Wildman–Crippen LogP) is 5.07. The van der Waals surface area contributed by atoms with Crippen LogP contribution >= 0.6 is 39.3 Å². The van der Waals surface area contributed by atoms with Crippen LogP contribution in [0.4, 0.5) is 0 Å². The van der Waals surface area contributed by atoms with Crippen LogP contribution in [-0.2, 0) is 0 Å². The molecule has 0 saturated heterocycles. The summed E-state index contributed by atoms with van der Waals surface area (Å²) in [5.74, 6) is 0. The van der Waals surface area contributed by atoms with Gasteiger partial charge in [-0.1, -0.05) is 45.4 Å². The molecule has 0 radical (unpaired) electrons. The second kappa shape index (κ2) is 5.71. The second-order valence-electron chi connectivity index (χ2n) is 3.36. The van der Waals surface area contributed by atoms with Gasteiger partial charge < -0.3 is 0 Å². The Morgan fingerprint density at radius 2 is 1.88 bits per heavy atom. The van der Waals surface area contributed by atoms with Crippen molar-refractivity contribution >= 4 is 45.6 Å². The number of benzene rings is 2. The van der Waals surface area contributed by atoms with Gasteiger partial charge in [0.1, 0.15) is 0 Å². The van der Waals surface area contributed by atoms with Crippen molar-refractivity contribution in [3.05, 3.63) is 57.5 Å². The van der Waals surface area contributed by atoms with Crippen molar-refractivity contribution in [3.63, 3.8) is 0 Å². The molecule has 1 nitrogen and oxygen atoms in total. The number of hydrogen-bond acceptors (Lipinski definition) is 2. The van der Waals surface area contributed by atoms with Crippen LogP contribution in [-0.4, -0.2) is 6.29 Å². The third-order valence-corrected chi connectivity index (χ3v) is 3.93. The minimum absolute atomic E-state index is 0.486. The molecule has 0 atom stereocenters. The molecule has 0 amide bonds. The number of hydrogen-bond donors (Lipinski definition) is 0. The van der Waals surface area contributed by atoms with Crippen molar-refractivity contribution in [2.45, 2.75) is 9.79 Å². The lowest BCUT2D eigenvalue weighted by Gasteiger charge is -2.04. The van der Waals surface area contributed by atoms with E-state index in [1.165, 1.54) is 0 Å². The third kappa shape index (κ3) is 3.35. The van der Waals surface area contributed by atoms with Gasteiger partial charge in [0, 0.05) is 19.8 Å². The van der Waals surface area contributed by atoms with Crippen LogP contribution in [0.5, 0.6) is 0 Å². The molecule has 2 rings (SSSR count). The molecule has 2 aromatic carbocycles. The molecule has 0 saturated carbocycles. The highest BCUT2D eigenvalue weighted by atomic mass is 79.9. The lowest BCUT2D eigenvalue weighted by atomic mass is 10.2. The fraction of sp³-hybridized carbons (Fsp3) is 0. The van der Waals surface area contributed by atoms with E-state index in [0.717, 1.165) is 20.5 Å². The van der Waals surface area contributed by atoms with Crippen LogP contribution in [0.15, 0.2) is 56.7 Å². The first-order valence-corrected chi connectivity index (χ1v) is 6.86. The minimum Gasteiger partial charge on any atom is -0.298 e. The average molecular weight is 328 g/mol. The van der Waals surface area contributed by atoms with E-state index in [1.54, 1.807) is 23.9 Å². The summed E-state index contributed by atoms with van der Waals surface area (Å²) in [6.45, 7) is 0. The second-order valence-corrected chi connectivity index (χ2v) is 5.83. The zero-order valence-corrected chi connectivity index (χ0v) is 11.8. The Morgan fingerprint density at radius 3 is 2.53 bits per heavy atom. The van der Waals surface area contributed by atoms with E-state index in [0.29, 0.717) is 10.6 Å². The van der Waals surface area contributed by atoms with Crippen LogP contribution in [0, 0.1) is 0 Å². The van der Waals surface area contributed by atoms with E-state index in [4.69, 9.17) is 11.6 Å². The largest absolute Gasteiger partial charge is 0.298 e. The van der Waals surface area contributed by atoms with E-state index < -0.39 is 0 Å². The first-order valence-electron chi connectivity index (χ1n) is 4.87. The molecule has 2 aromatic rings. The molecule has 0 aliphatic carbocycles. The maximum absolute atomic E-state index is 10.6. The molecule has 17 heavy (non-hydrogen) atoms. The molecular formula is C13H8BrClOS. The quantitative estimate of drug-likeness (QED) is 0.732. The van der Waals surface area contributed by atoms with Gasteiger partial charge >= 0.3 is 0 Å². The first kappa shape index (κ1) is 12.7. The van der Waals surface area contributed by atoms with Crippen molar-refractivity contribution in [1.29, 1.82) is 0 Å². The fourth-order valence-corrected chi connectivity index (χ4v) is 3.09. The molecule has 0 aliphatic rings. The molecule has 0 unspecified atom stereocenters. The highest BCUT2D eigenvalue weighted by Gasteiger charge is 2.03. The summed E-state index contributed by atoms with van der Waals surface area (Å²) in [6, 6.07) is 13.4. The van der Waals surface area contributed by atoms with Gasteiger partial charge in [-0.25, -0.2) is 0 Å². The van der Waals surface area contributed by atoms with Crippen molar-refractivity contribution in [2.24, 2.45) is 0 Å². The summed E-state index contributed by atoms with van der Waals surface area (Å²) in [4.78, 5) is 12.8. The van der Waals surface area contributed by atoms with Crippen LogP contribution in [0.1, 0.15) is 10.4 Å². The number of carbonyl (C=O) groups excluding carboxylic acids is 1. The Labute approximate surface area is 117 Å². The van der Waals surface area contributed by atoms with E-state index in [9.17, 15) is 4.79 Å². The Morgan fingerprint density at radius 1 is 1.12 bits per heavy atom. The smallest absolute Gasteiger partial charge is 0.151 e. The lowest BCUT2D eigenvalue weighted by Crippen LogP contribution is -1.82. The van der Waals surface area contributed by atoms with E-state index in [2.05, 4.69) is 15.9 Å². The Balaban J connectivity index is 2.24. The van der Waals surface area contributed by atoms with Crippen molar-refractivity contribution in [2.75, 3.05) is 0 Å². The van der Waals surface area contributed by atoms with Gasteiger partial charge in [0.2, 0.25) is 0 Å². The molecule has 86 valence electrons. The van der Waals surface area contributed by atoms with Gasteiger partial charge in [0.05, 0.1) is 5.02 Å². The number of rotatable bonds is 3. The first-order chi connectivity index (χ1) is 8.19. The number of aldehydes is 1. The zero-order valence-electron chi connectivity index (χ0n) is 8.69. The van der Waals surface area contributed by atoms with Crippen LogP contribution in [0.3, 0.4) is 0 Å². The zero-order chi connectivity index (χ0) is 12.3. The molecule has 0 N–H and O–H groups in total. The molecule has 0 bridgehead atoms. The van der Waals surface area contributed by atoms with E-state index in [-0.39, 0.29) is 0 Å². The van der Waals surface area contributed by atoms with Crippen molar-refractivity contribution in [1.82, 2.24) is 0 Å². The summed E-state index contributed by atoms with van der Waals surface area (Å²) in [5.41, 5.74) is 0.519. The standard InChI is InChI=1S/C13H8BrClOS/c14-10-2-1-3-11(6-10)17-12-5-4-9(8-16)13(15)7-12/h1-8H. The third-order valence-electron chi connectivity index (χ3n) is 2.13. The summed E-state index contributed by atoms with van der Waals surface area (Å²) in [5, 5.41) is 0.486. The Bertz CT molecular complexity index is 557. The van der Waals surface area contributed by atoms with Gasteiger partial charge in [0.15, 0.2) is 6.29 Å². The number of halogens is 2. The van der Waals surface area contributed by atoms with Crippen molar-refractivity contribution < 1.29 is 4.79 Å². The van der Waals surface area contributed by atoms with Gasteiger partial charge in [-0.3, -0.25) is 4.79 Å². The van der Waals surface area contributed by atoms with Crippen molar-refractivity contribution in [3.8, 4) is 0 Å². The molecular weight excluding hydrogens is 320 g/mol. The van der Waals surface area contributed by atoms with Crippen LogP contribution in [0.2, 0.25) is 5.02 Å². The predicted molar refractivity (Wildman–Crippen MR) is 75.1 cm³/mol. The maximum atomic E-state index is 10.6. The molecule has 0 aliphatic heterocycles. The van der Waals surface area contributed by atoms with Crippen LogP contribution < -0.4 is 0 Å². The van der Waals surface area contributed by atoms with Gasteiger partial charge in [0.25, 0.3) is 0 Å². The summed E-state index contributed by atoms with van der Waals surface area (Å²) in [7, 11) is 0. The lowest BCUT2D eigenvalue weighted by molar-refractivity contribution is 0.112.